The molecular weight excluding hydrogens is 494 g/mol. The standard InChI is InChI=1S/C26H37N5O7/c1-14(32)21(22(27)33)30-23(34)19(10-15-12-28-18-9-7-6-8-17(15)18)29-24(35)20-11-16(37-5)13-31(20)25(36)38-26(2,3)4/h6-9,12,14,16,19-21,28,32H,10-11,13H2,1-5H3,(H2,27,33)(H,29,35)(H,30,34)/t14-,16-,19+,20+,21+/m1/s1. The molecule has 6 N–H and O–H groups in total. The predicted octanol–water partition coefficient (Wildman–Crippen LogP) is 0.571. The first-order valence-electron chi connectivity index (χ1n) is 12.5. The molecule has 2 heterocycles. The van der Waals surface area contributed by atoms with E-state index in [2.05, 4.69) is 15.6 Å². The molecule has 1 saturated heterocycles. The topological polar surface area (TPSA) is 176 Å². The average Bonchev–Trinajstić information content (AvgIpc) is 3.45. The van der Waals surface area contributed by atoms with Crippen LogP contribution in [0.5, 0.6) is 0 Å². The SMILES string of the molecule is CO[C@@H]1C[C@@H](C(=O)N[C@@H](Cc2c[nH]c3ccccc23)C(=O)N[C@H](C(N)=O)[C@@H](C)O)N(C(=O)OC(C)(C)C)C1. The number of fused-ring (bicyclic) bond motifs is 1. The highest BCUT2D eigenvalue weighted by atomic mass is 16.6. The third-order valence-corrected chi connectivity index (χ3v) is 6.35. The fourth-order valence-corrected chi connectivity index (χ4v) is 4.42. The maximum absolute atomic E-state index is 13.5. The van der Waals surface area contributed by atoms with Gasteiger partial charge in [0.25, 0.3) is 0 Å². The summed E-state index contributed by atoms with van der Waals surface area (Å²) in [4.78, 5) is 55.9. The van der Waals surface area contributed by atoms with Crippen LogP contribution in [-0.2, 0) is 30.3 Å². The van der Waals surface area contributed by atoms with E-state index in [1.54, 1.807) is 27.0 Å². The molecule has 1 aromatic heterocycles. The van der Waals surface area contributed by atoms with E-state index in [4.69, 9.17) is 15.2 Å². The molecule has 1 aromatic carbocycles. The quantitative estimate of drug-likeness (QED) is 0.314. The molecule has 0 unspecified atom stereocenters. The number of aliphatic hydroxyl groups is 1. The second-order valence-corrected chi connectivity index (χ2v) is 10.5. The fraction of sp³-hybridized carbons (Fsp3) is 0.538. The Balaban J connectivity index is 1.87. The number of nitrogens with one attached hydrogen (secondary N) is 3. The number of hydrogen-bond donors (Lipinski definition) is 5. The minimum absolute atomic E-state index is 0.0692. The molecule has 38 heavy (non-hydrogen) atoms. The van der Waals surface area contributed by atoms with Gasteiger partial charge in [0.1, 0.15) is 23.7 Å². The van der Waals surface area contributed by atoms with Crippen molar-refractivity contribution in [3.8, 4) is 0 Å². The van der Waals surface area contributed by atoms with Gasteiger partial charge >= 0.3 is 6.09 Å². The second kappa shape index (κ2) is 11.8. The lowest BCUT2D eigenvalue weighted by Crippen LogP contribution is -2.58. The number of amides is 4. The minimum atomic E-state index is -1.35. The Labute approximate surface area is 221 Å². The van der Waals surface area contributed by atoms with E-state index in [0.717, 1.165) is 16.5 Å². The summed E-state index contributed by atoms with van der Waals surface area (Å²) in [7, 11) is 1.49. The molecule has 0 radical (unpaired) electrons. The summed E-state index contributed by atoms with van der Waals surface area (Å²) in [6.45, 7) is 6.65. The van der Waals surface area contributed by atoms with E-state index in [9.17, 15) is 24.3 Å². The van der Waals surface area contributed by atoms with E-state index >= 15 is 0 Å². The van der Waals surface area contributed by atoms with Gasteiger partial charge in [-0.3, -0.25) is 19.3 Å². The van der Waals surface area contributed by atoms with Crippen LogP contribution in [0.1, 0.15) is 39.7 Å². The number of rotatable bonds is 9. The summed E-state index contributed by atoms with van der Waals surface area (Å²) in [5.41, 5.74) is 6.18. The van der Waals surface area contributed by atoms with Crippen LogP contribution in [0.4, 0.5) is 4.79 Å². The highest BCUT2D eigenvalue weighted by molar-refractivity contribution is 5.94. The molecule has 4 amide bonds. The number of aromatic nitrogens is 1. The van der Waals surface area contributed by atoms with Crippen molar-refractivity contribution in [3.05, 3.63) is 36.0 Å². The molecule has 5 atom stereocenters. The van der Waals surface area contributed by atoms with Crippen LogP contribution >= 0.6 is 0 Å². The zero-order valence-electron chi connectivity index (χ0n) is 22.3. The largest absolute Gasteiger partial charge is 0.444 e. The van der Waals surface area contributed by atoms with Crippen LogP contribution in [-0.4, -0.2) is 88.4 Å². The van der Waals surface area contributed by atoms with Gasteiger partial charge in [0.15, 0.2) is 0 Å². The molecule has 1 aliphatic heterocycles. The molecule has 0 bridgehead atoms. The van der Waals surface area contributed by atoms with Gasteiger partial charge in [-0.05, 0) is 39.3 Å². The average molecular weight is 532 g/mol. The Morgan fingerprint density at radius 3 is 2.50 bits per heavy atom. The lowest BCUT2D eigenvalue weighted by molar-refractivity contribution is -0.134. The van der Waals surface area contributed by atoms with Gasteiger partial charge in [0.2, 0.25) is 17.7 Å². The summed E-state index contributed by atoms with van der Waals surface area (Å²) in [6, 6.07) is 4.03. The molecule has 0 saturated carbocycles. The highest BCUT2D eigenvalue weighted by Crippen LogP contribution is 2.24. The zero-order valence-corrected chi connectivity index (χ0v) is 22.3. The Morgan fingerprint density at radius 1 is 1.21 bits per heavy atom. The van der Waals surface area contributed by atoms with Crippen molar-refractivity contribution in [2.75, 3.05) is 13.7 Å². The normalized spacial score (nSPS) is 20.0. The van der Waals surface area contributed by atoms with Crippen LogP contribution in [0.15, 0.2) is 30.5 Å². The second-order valence-electron chi connectivity index (χ2n) is 10.5. The first-order valence-corrected chi connectivity index (χ1v) is 12.5. The number of para-hydroxylation sites is 1. The molecule has 1 aliphatic rings. The van der Waals surface area contributed by atoms with Gasteiger partial charge in [-0.2, -0.15) is 0 Å². The monoisotopic (exact) mass is 531 g/mol. The van der Waals surface area contributed by atoms with Gasteiger partial charge in [-0.15, -0.1) is 0 Å². The number of hydrogen-bond acceptors (Lipinski definition) is 7. The van der Waals surface area contributed by atoms with E-state index in [1.807, 2.05) is 24.3 Å². The number of nitrogens with two attached hydrogens (primary N) is 1. The number of benzene rings is 1. The third kappa shape index (κ3) is 7.01. The number of H-pyrrole nitrogens is 1. The maximum atomic E-state index is 13.5. The van der Waals surface area contributed by atoms with Crippen molar-refractivity contribution in [2.24, 2.45) is 5.73 Å². The molecule has 3 rings (SSSR count). The van der Waals surface area contributed by atoms with E-state index in [1.165, 1.54) is 18.9 Å². The number of nitrogens with zero attached hydrogens (tertiary/aromatic N) is 1. The molecule has 1 fully saturated rings. The van der Waals surface area contributed by atoms with Gasteiger partial charge in [0, 0.05) is 37.1 Å². The highest BCUT2D eigenvalue weighted by Gasteiger charge is 2.43. The van der Waals surface area contributed by atoms with Crippen molar-refractivity contribution in [2.45, 2.75) is 76.5 Å². The summed E-state index contributed by atoms with van der Waals surface area (Å²) >= 11 is 0. The summed E-state index contributed by atoms with van der Waals surface area (Å²) in [6.07, 6.45) is -0.298. The van der Waals surface area contributed by atoms with Crippen LogP contribution < -0.4 is 16.4 Å². The zero-order chi connectivity index (χ0) is 28.2. The Hall–Kier alpha value is -3.64. The van der Waals surface area contributed by atoms with Crippen molar-refractivity contribution >= 4 is 34.7 Å². The van der Waals surface area contributed by atoms with E-state index in [0.29, 0.717) is 0 Å². The molecule has 12 nitrogen and oxygen atoms in total. The first kappa shape index (κ1) is 28.9. The van der Waals surface area contributed by atoms with Crippen LogP contribution in [0, 0.1) is 0 Å². The van der Waals surface area contributed by atoms with Crippen molar-refractivity contribution in [1.29, 1.82) is 0 Å². The van der Waals surface area contributed by atoms with Gasteiger partial charge in [0.05, 0.1) is 18.8 Å². The summed E-state index contributed by atoms with van der Waals surface area (Å²) < 4.78 is 10.9. The number of aromatic amines is 1. The Morgan fingerprint density at radius 2 is 1.89 bits per heavy atom. The summed E-state index contributed by atoms with van der Waals surface area (Å²) in [5, 5.41) is 16.0. The number of ether oxygens (including phenoxy) is 2. The number of carbonyl (C=O) groups is 4. The lowest BCUT2D eigenvalue weighted by atomic mass is 10.0. The van der Waals surface area contributed by atoms with Crippen molar-refractivity contribution in [1.82, 2.24) is 20.5 Å². The predicted molar refractivity (Wildman–Crippen MR) is 139 cm³/mol. The molecule has 12 heteroatoms. The van der Waals surface area contributed by atoms with Crippen LogP contribution in [0.25, 0.3) is 10.9 Å². The number of aliphatic hydroxyl groups excluding tert-OH is 1. The number of likely N-dealkylation sites (tertiary alicyclic amines) is 1. The molecule has 208 valence electrons. The molecule has 2 aromatic rings. The van der Waals surface area contributed by atoms with Crippen LogP contribution in [0.2, 0.25) is 0 Å². The smallest absolute Gasteiger partial charge is 0.411 e. The van der Waals surface area contributed by atoms with E-state index < -0.39 is 59.7 Å². The lowest BCUT2D eigenvalue weighted by Gasteiger charge is -2.29. The van der Waals surface area contributed by atoms with Crippen molar-refractivity contribution < 1.29 is 33.8 Å². The van der Waals surface area contributed by atoms with Crippen molar-refractivity contribution in [3.63, 3.8) is 0 Å². The molecule has 0 spiro atoms. The van der Waals surface area contributed by atoms with Gasteiger partial charge < -0.3 is 35.9 Å². The summed E-state index contributed by atoms with van der Waals surface area (Å²) in [5.74, 6) is -2.21. The fourth-order valence-electron chi connectivity index (χ4n) is 4.42. The van der Waals surface area contributed by atoms with Gasteiger partial charge in [-0.25, -0.2) is 4.79 Å². The Bertz CT molecular complexity index is 1170. The third-order valence-electron chi connectivity index (χ3n) is 6.35. The minimum Gasteiger partial charge on any atom is -0.444 e. The van der Waals surface area contributed by atoms with E-state index in [-0.39, 0.29) is 19.4 Å². The van der Waals surface area contributed by atoms with Crippen LogP contribution in [0.3, 0.4) is 0 Å². The number of methoxy groups -OCH3 is 1. The molecular formula is C26H37N5O7. The van der Waals surface area contributed by atoms with Gasteiger partial charge in [-0.1, -0.05) is 18.2 Å². The number of carbonyl (C=O) groups excluding carboxylic acids is 4. The Kier molecular flexibility index (Phi) is 9.00. The first-order chi connectivity index (χ1) is 17.8. The number of primary amides is 1. The molecule has 0 aliphatic carbocycles. The maximum Gasteiger partial charge on any atom is 0.411 e.